The van der Waals surface area contributed by atoms with Crippen LogP contribution in [0, 0.1) is 6.92 Å². The Kier molecular flexibility index (Phi) is 4.70. The fourth-order valence-corrected chi connectivity index (χ4v) is 3.64. The van der Waals surface area contributed by atoms with Crippen LogP contribution in [0.3, 0.4) is 0 Å². The standard InChI is InChI=1S/C19H23N7O/c1-14-21-8-10-25(14)13-17-22-23-18(24(17)2)16-6-4-9-26(12-16)19(27)15-5-3-7-20-11-15/h3,5,7-8,10-11,16H,4,6,9,12-13H2,1-2H3/t16-/m1/s1. The third kappa shape index (κ3) is 3.47. The number of imidazole rings is 1. The maximum atomic E-state index is 12.7. The molecule has 8 heteroatoms. The SMILES string of the molecule is Cc1nccn1Cc1nnc([C@@H]2CCCN(C(=O)c3cccnc3)C2)n1C. The van der Waals surface area contributed by atoms with Gasteiger partial charge in [-0.2, -0.15) is 0 Å². The Morgan fingerprint density at radius 1 is 1.30 bits per heavy atom. The summed E-state index contributed by atoms with van der Waals surface area (Å²) in [5.74, 6) is 3.00. The van der Waals surface area contributed by atoms with Gasteiger partial charge in [-0.25, -0.2) is 4.98 Å². The third-order valence-corrected chi connectivity index (χ3v) is 5.22. The molecule has 0 aromatic carbocycles. The molecule has 3 aromatic rings. The molecule has 0 bridgehead atoms. The fraction of sp³-hybridized carbons (Fsp3) is 0.421. The smallest absolute Gasteiger partial charge is 0.255 e. The van der Waals surface area contributed by atoms with E-state index in [0.29, 0.717) is 18.7 Å². The molecule has 0 radical (unpaired) electrons. The van der Waals surface area contributed by atoms with Crippen molar-refractivity contribution in [1.29, 1.82) is 0 Å². The first-order valence-corrected chi connectivity index (χ1v) is 9.18. The van der Waals surface area contributed by atoms with E-state index in [1.165, 1.54) is 0 Å². The van der Waals surface area contributed by atoms with Crippen molar-refractivity contribution in [3.8, 4) is 0 Å². The van der Waals surface area contributed by atoms with Crippen LogP contribution >= 0.6 is 0 Å². The normalized spacial score (nSPS) is 17.3. The molecule has 1 saturated heterocycles. The summed E-state index contributed by atoms with van der Waals surface area (Å²) >= 11 is 0. The Morgan fingerprint density at radius 2 is 2.19 bits per heavy atom. The Morgan fingerprint density at radius 3 is 2.93 bits per heavy atom. The molecule has 27 heavy (non-hydrogen) atoms. The van der Waals surface area contributed by atoms with Gasteiger partial charge in [0.2, 0.25) is 0 Å². The highest BCUT2D eigenvalue weighted by atomic mass is 16.2. The van der Waals surface area contributed by atoms with Crippen LogP contribution in [-0.2, 0) is 13.6 Å². The minimum atomic E-state index is 0.0317. The summed E-state index contributed by atoms with van der Waals surface area (Å²) < 4.78 is 4.11. The largest absolute Gasteiger partial charge is 0.338 e. The average molecular weight is 365 g/mol. The maximum absolute atomic E-state index is 12.7. The monoisotopic (exact) mass is 365 g/mol. The molecular formula is C19H23N7O. The molecule has 1 atom stereocenters. The van der Waals surface area contributed by atoms with Gasteiger partial charge in [0.25, 0.3) is 5.91 Å². The Hall–Kier alpha value is -3.03. The van der Waals surface area contributed by atoms with Gasteiger partial charge in [-0.3, -0.25) is 9.78 Å². The van der Waals surface area contributed by atoms with Gasteiger partial charge in [0, 0.05) is 50.8 Å². The van der Waals surface area contributed by atoms with Gasteiger partial charge in [-0.05, 0) is 31.9 Å². The lowest BCUT2D eigenvalue weighted by Gasteiger charge is -2.32. The van der Waals surface area contributed by atoms with E-state index in [1.807, 2.05) is 35.7 Å². The number of pyridine rings is 1. The van der Waals surface area contributed by atoms with E-state index in [4.69, 9.17) is 0 Å². The van der Waals surface area contributed by atoms with Crippen molar-refractivity contribution in [2.75, 3.05) is 13.1 Å². The fourth-order valence-electron chi connectivity index (χ4n) is 3.64. The van der Waals surface area contributed by atoms with E-state index in [1.54, 1.807) is 24.7 Å². The number of hydrogen-bond acceptors (Lipinski definition) is 5. The van der Waals surface area contributed by atoms with Crippen LogP contribution in [0.2, 0.25) is 0 Å². The molecule has 8 nitrogen and oxygen atoms in total. The number of rotatable bonds is 4. The summed E-state index contributed by atoms with van der Waals surface area (Å²) in [6.45, 7) is 4.04. The highest BCUT2D eigenvalue weighted by Crippen LogP contribution is 2.26. The Balaban J connectivity index is 1.50. The van der Waals surface area contributed by atoms with Crippen LogP contribution in [0.15, 0.2) is 36.9 Å². The zero-order valence-corrected chi connectivity index (χ0v) is 15.6. The van der Waals surface area contributed by atoms with Gasteiger partial charge >= 0.3 is 0 Å². The number of amides is 1. The second kappa shape index (κ2) is 7.30. The van der Waals surface area contributed by atoms with Crippen LogP contribution < -0.4 is 0 Å². The molecule has 0 saturated carbocycles. The minimum absolute atomic E-state index is 0.0317. The van der Waals surface area contributed by atoms with E-state index in [0.717, 1.165) is 36.9 Å². The summed E-state index contributed by atoms with van der Waals surface area (Å²) in [7, 11) is 2.00. The molecule has 1 aliphatic heterocycles. The van der Waals surface area contributed by atoms with Crippen molar-refractivity contribution < 1.29 is 4.79 Å². The number of aryl methyl sites for hydroxylation is 1. The second-order valence-corrected chi connectivity index (χ2v) is 6.97. The molecule has 4 heterocycles. The van der Waals surface area contributed by atoms with E-state index in [-0.39, 0.29) is 11.8 Å². The Labute approximate surface area is 157 Å². The lowest BCUT2D eigenvalue weighted by Crippen LogP contribution is -2.39. The molecule has 1 amide bonds. The molecule has 3 aromatic heterocycles. The average Bonchev–Trinajstić information content (AvgIpc) is 3.28. The van der Waals surface area contributed by atoms with Crippen LogP contribution in [0.4, 0.5) is 0 Å². The first-order valence-electron chi connectivity index (χ1n) is 9.18. The summed E-state index contributed by atoms with van der Waals surface area (Å²) in [6.07, 6.45) is 9.00. The predicted molar refractivity (Wildman–Crippen MR) is 99.2 cm³/mol. The number of aromatic nitrogens is 6. The van der Waals surface area contributed by atoms with E-state index in [9.17, 15) is 4.79 Å². The van der Waals surface area contributed by atoms with Gasteiger partial charge in [0.05, 0.1) is 12.1 Å². The van der Waals surface area contributed by atoms with Gasteiger partial charge in [0.1, 0.15) is 11.6 Å². The molecule has 0 unspecified atom stereocenters. The first-order chi connectivity index (χ1) is 13.1. The maximum Gasteiger partial charge on any atom is 0.255 e. The quantitative estimate of drug-likeness (QED) is 0.704. The Bertz CT molecular complexity index is 931. The number of piperidine rings is 1. The number of carbonyl (C=O) groups excluding carboxylic acids is 1. The van der Waals surface area contributed by atoms with Crippen LogP contribution in [0.1, 0.15) is 46.6 Å². The summed E-state index contributed by atoms with van der Waals surface area (Å²) in [4.78, 5) is 23.0. The van der Waals surface area contributed by atoms with Crippen LogP contribution in [0.25, 0.3) is 0 Å². The summed E-state index contributed by atoms with van der Waals surface area (Å²) in [5, 5.41) is 8.83. The van der Waals surface area contributed by atoms with Crippen LogP contribution in [-0.4, -0.2) is 53.2 Å². The lowest BCUT2D eigenvalue weighted by atomic mass is 9.96. The number of nitrogens with zero attached hydrogens (tertiary/aromatic N) is 7. The lowest BCUT2D eigenvalue weighted by molar-refractivity contribution is 0.0703. The molecule has 0 aliphatic carbocycles. The van der Waals surface area contributed by atoms with E-state index < -0.39 is 0 Å². The first kappa shape index (κ1) is 17.4. The minimum Gasteiger partial charge on any atom is -0.338 e. The molecule has 4 rings (SSSR count). The third-order valence-electron chi connectivity index (χ3n) is 5.22. The zero-order chi connectivity index (χ0) is 18.8. The topological polar surface area (TPSA) is 81.7 Å². The van der Waals surface area contributed by atoms with E-state index in [2.05, 4.69) is 24.7 Å². The second-order valence-electron chi connectivity index (χ2n) is 6.97. The van der Waals surface area contributed by atoms with Gasteiger partial charge in [-0.15, -0.1) is 10.2 Å². The van der Waals surface area contributed by atoms with Crippen molar-refractivity contribution in [2.24, 2.45) is 7.05 Å². The number of likely N-dealkylation sites (tertiary alicyclic amines) is 1. The molecule has 0 spiro atoms. The highest BCUT2D eigenvalue weighted by molar-refractivity contribution is 5.93. The van der Waals surface area contributed by atoms with Crippen LogP contribution in [0.5, 0.6) is 0 Å². The summed E-state index contributed by atoms with van der Waals surface area (Å²) in [6, 6.07) is 3.61. The van der Waals surface area contributed by atoms with E-state index >= 15 is 0 Å². The molecule has 1 fully saturated rings. The van der Waals surface area contributed by atoms with Crippen molar-refractivity contribution in [3.63, 3.8) is 0 Å². The van der Waals surface area contributed by atoms with Gasteiger partial charge in [-0.1, -0.05) is 0 Å². The van der Waals surface area contributed by atoms with Crippen molar-refractivity contribution in [1.82, 2.24) is 34.2 Å². The number of carbonyl (C=O) groups is 1. The van der Waals surface area contributed by atoms with Crippen molar-refractivity contribution in [2.45, 2.75) is 32.2 Å². The summed E-state index contributed by atoms with van der Waals surface area (Å²) in [5.41, 5.74) is 0.632. The predicted octanol–water partition coefficient (Wildman–Crippen LogP) is 1.78. The molecule has 140 valence electrons. The molecular weight excluding hydrogens is 342 g/mol. The zero-order valence-electron chi connectivity index (χ0n) is 15.6. The molecule has 1 aliphatic rings. The van der Waals surface area contributed by atoms with Gasteiger partial charge in [0.15, 0.2) is 5.82 Å². The highest BCUT2D eigenvalue weighted by Gasteiger charge is 2.29. The molecule has 0 N–H and O–H groups in total. The van der Waals surface area contributed by atoms with Gasteiger partial charge < -0.3 is 14.0 Å². The van der Waals surface area contributed by atoms with Crippen molar-refractivity contribution >= 4 is 5.91 Å². The number of hydrogen-bond donors (Lipinski definition) is 0. The van der Waals surface area contributed by atoms with Crippen molar-refractivity contribution in [3.05, 3.63) is 60.0 Å².